The summed E-state index contributed by atoms with van der Waals surface area (Å²) in [5.41, 5.74) is 0.797. The molecule has 5 nitrogen and oxygen atoms in total. The second-order valence-corrected chi connectivity index (χ2v) is 3.64. The molecule has 5 heteroatoms. The highest BCUT2D eigenvalue weighted by atomic mass is 16.3. The Balaban J connectivity index is 2.31. The van der Waals surface area contributed by atoms with Crippen LogP contribution in [0.1, 0.15) is 13.8 Å². The fourth-order valence-corrected chi connectivity index (χ4v) is 1.32. The van der Waals surface area contributed by atoms with Gasteiger partial charge in [0, 0.05) is 6.20 Å². The zero-order valence-corrected chi connectivity index (χ0v) is 8.73. The van der Waals surface area contributed by atoms with E-state index in [0.717, 1.165) is 16.9 Å². The molecule has 0 saturated heterocycles. The lowest BCUT2D eigenvalue weighted by Crippen LogP contribution is -2.28. The number of anilines is 1. The third kappa shape index (κ3) is 1.92. The first-order chi connectivity index (χ1) is 7.18. The van der Waals surface area contributed by atoms with E-state index in [2.05, 4.69) is 20.3 Å². The van der Waals surface area contributed by atoms with Crippen molar-refractivity contribution in [3.63, 3.8) is 0 Å². The van der Waals surface area contributed by atoms with E-state index < -0.39 is 6.10 Å². The van der Waals surface area contributed by atoms with Gasteiger partial charge in [-0.2, -0.15) is 0 Å². The molecule has 0 aliphatic heterocycles. The highest BCUT2D eigenvalue weighted by Crippen LogP contribution is 2.18. The van der Waals surface area contributed by atoms with Gasteiger partial charge in [0.2, 0.25) is 0 Å². The van der Waals surface area contributed by atoms with Crippen molar-refractivity contribution in [2.75, 3.05) is 5.32 Å². The molecule has 0 bridgehead atoms. The van der Waals surface area contributed by atoms with Gasteiger partial charge in [-0.25, -0.2) is 9.97 Å². The van der Waals surface area contributed by atoms with E-state index >= 15 is 0 Å². The Hall–Kier alpha value is -1.62. The van der Waals surface area contributed by atoms with Crippen molar-refractivity contribution < 1.29 is 5.11 Å². The van der Waals surface area contributed by atoms with Crippen LogP contribution in [-0.4, -0.2) is 32.2 Å². The smallest absolute Gasteiger partial charge is 0.142 e. The van der Waals surface area contributed by atoms with E-state index in [1.165, 1.54) is 6.33 Å². The van der Waals surface area contributed by atoms with Crippen LogP contribution in [0.15, 0.2) is 18.6 Å². The van der Waals surface area contributed by atoms with E-state index in [-0.39, 0.29) is 6.04 Å². The minimum atomic E-state index is -0.422. The molecule has 0 aromatic carbocycles. The second kappa shape index (κ2) is 3.86. The van der Waals surface area contributed by atoms with Crippen molar-refractivity contribution >= 4 is 16.9 Å². The number of hydrogen-bond donors (Lipinski definition) is 3. The maximum Gasteiger partial charge on any atom is 0.142 e. The summed E-state index contributed by atoms with van der Waals surface area (Å²) in [7, 11) is 0. The fourth-order valence-electron chi connectivity index (χ4n) is 1.32. The van der Waals surface area contributed by atoms with Crippen LogP contribution in [0, 0.1) is 0 Å². The highest BCUT2D eigenvalue weighted by molar-refractivity contribution is 5.86. The molecule has 0 aliphatic carbocycles. The Bertz CT molecular complexity index is 451. The molecule has 0 unspecified atom stereocenters. The maximum atomic E-state index is 9.39. The molecule has 2 aromatic rings. The topological polar surface area (TPSA) is 73.8 Å². The largest absolute Gasteiger partial charge is 0.391 e. The van der Waals surface area contributed by atoms with Gasteiger partial charge in [0.1, 0.15) is 17.8 Å². The summed E-state index contributed by atoms with van der Waals surface area (Å²) in [6.45, 7) is 3.65. The van der Waals surface area contributed by atoms with Gasteiger partial charge in [-0.1, -0.05) is 0 Å². The molecule has 2 aromatic heterocycles. The number of nitrogens with one attached hydrogen (secondary N) is 2. The zero-order valence-electron chi connectivity index (χ0n) is 8.73. The van der Waals surface area contributed by atoms with Crippen LogP contribution in [0.2, 0.25) is 0 Å². The molecule has 0 saturated carbocycles. The van der Waals surface area contributed by atoms with Crippen molar-refractivity contribution in [1.29, 1.82) is 0 Å². The maximum absolute atomic E-state index is 9.39. The van der Waals surface area contributed by atoms with Crippen LogP contribution in [-0.2, 0) is 0 Å². The van der Waals surface area contributed by atoms with Crippen molar-refractivity contribution in [2.24, 2.45) is 0 Å². The number of hydrogen-bond acceptors (Lipinski definition) is 4. The average Bonchev–Trinajstić information content (AvgIpc) is 2.66. The number of aliphatic hydroxyl groups excluding tert-OH is 1. The van der Waals surface area contributed by atoms with Gasteiger partial charge in [0.25, 0.3) is 0 Å². The van der Waals surface area contributed by atoms with Crippen molar-refractivity contribution in [3.8, 4) is 0 Å². The number of aromatic nitrogens is 3. The van der Waals surface area contributed by atoms with E-state index in [1.54, 1.807) is 6.92 Å². The van der Waals surface area contributed by atoms with Gasteiger partial charge in [-0.3, -0.25) is 0 Å². The van der Waals surface area contributed by atoms with Crippen LogP contribution in [0.25, 0.3) is 11.0 Å². The summed E-state index contributed by atoms with van der Waals surface area (Å²) < 4.78 is 0. The summed E-state index contributed by atoms with van der Waals surface area (Å²) in [6, 6.07) is 1.87. The number of aromatic amines is 1. The molecule has 2 heterocycles. The molecule has 3 N–H and O–H groups in total. The van der Waals surface area contributed by atoms with Crippen LogP contribution >= 0.6 is 0 Å². The lowest BCUT2D eigenvalue weighted by atomic mass is 10.2. The average molecular weight is 206 g/mol. The molecule has 0 aliphatic rings. The van der Waals surface area contributed by atoms with Crippen LogP contribution in [0.4, 0.5) is 5.82 Å². The fraction of sp³-hybridized carbons (Fsp3) is 0.400. The Morgan fingerprint density at radius 2 is 2.20 bits per heavy atom. The van der Waals surface area contributed by atoms with Gasteiger partial charge in [0.05, 0.1) is 17.5 Å². The number of fused-ring (bicyclic) bond motifs is 1. The number of rotatable bonds is 3. The van der Waals surface area contributed by atoms with Gasteiger partial charge >= 0.3 is 0 Å². The standard InChI is InChI=1S/C10H14N4O/c1-6(7(2)15)14-10-8-3-4-11-9(8)12-5-13-10/h3-7,15H,1-2H3,(H2,11,12,13,14)/t6-,7-/m1/s1. The van der Waals surface area contributed by atoms with Gasteiger partial charge in [-0.05, 0) is 19.9 Å². The van der Waals surface area contributed by atoms with E-state index in [4.69, 9.17) is 0 Å². The molecule has 0 radical (unpaired) electrons. The highest BCUT2D eigenvalue weighted by Gasteiger charge is 2.11. The minimum absolute atomic E-state index is 0.0435. The van der Waals surface area contributed by atoms with Crippen LogP contribution < -0.4 is 5.32 Å². The first kappa shape index (κ1) is 9.92. The Morgan fingerprint density at radius 3 is 2.93 bits per heavy atom. The predicted molar refractivity (Wildman–Crippen MR) is 58.7 cm³/mol. The number of nitrogens with zero attached hydrogens (tertiary/aromatic N) is 2. The van der Waals surface area contributed by atoms with E-state index in [9.17, 15) is 5.11 Å². The zero-order chi connectivity index (χ0) is 10.8. The monoisotopic (exact) mass is 206 g/mol. The molecule has 0 amide bonds. The lowest BCUT2D eigenvalue weighted by molar-refractivity contribution is 0.178. The molecule has 80 valence electrons. The summed E-state index contributed by atoms with van der Waals surface area (Å²) in [5.74, 6) is 0.745. The van der Waals surface area contributed by atoms with Crippen molar-refractivity contribution in [1.82, 2.24) is 15.0 Å². The quantitative estimate of drug-likeness (QED) is 0.704. The first-order valence-corrected chi connectivity index (χ1v) is 4.91. The van der Waals surface area contributed by atoms with E-state index in [1.807, 2.05) is 19.2 Å². The summed E-state index contributed by atoms with van der Waals surface area (Å²) in [4.78, 5) is 11.2. The van der Waals surface area contributed by atoms with Crippen LogP contribution in [0.5, 0.6) is 0 Å². The molecular formula is C10H14N4O. The van der Waals surface area contributed by atoms with E-state index in [0.29, 0.717) is 0 Å². The van der Waals surface area contributed by atoms with Gasteiger partial charge in [-0.15, -0.1) is 0 Å². The molecule has 15 heavy (non-hydrogen) atoms. The molecule has 0 spiro atoms. The SMILES string of the molecule is C[C@@H](O)[C@@H](C)Nc1ncnc2[nH]ccc12. The van der Waals surface area contributed by atoms with Crippen LogP contribution in [0.3, 0.4) is 0 Å². The minimum Gasteiger partial charge on any atom is -0.391 e. The molecular weight excluding hydrogens is 192 g/mol. The van der Waals surface area contributed by atoms with Gasteiger partial charge in [0.15, 0.2) is 0 Å². The first-order valence-electron chi connectivity index (χ1n) is 4.91. The second-order valence-electron chi connectivity index (χ2n) is 3.64. The molecule has 2 atom stereocenters. The van der Waals surface area contributed by atoms with Gasteiger partial charge < -0.3 is 15.4 Å². The Morgan fingerprint density at radius 1 is 1.40 bits per heavy atom. The summed E-state index contributed by atoms with van der Waals surface area (Å²) in [5, 5.41) is 13.5. The summed E-state index contributed by atoms with van der Waals surface area (Å²) >= 11 is 0. The summed E-state index contributed by atoms with van der Waals surface area (Å²) in [6.07, 6.45) is 2.89. The third-order valence-corrected chi connectivity index (χ3v) is 2.44. The third-order valence-electron chi connectivity index (χ3n) is 2.44. The number of H-pyrrole nitrogens is 1. The van der Waals surface area contributed by atoms with Crippen molar-refractivity contribution in [2.45, 2.75) is 26.0 Å². The number of aliphatic hydroxyl groups is 1. The lowest BCUT2D eigenvalue weighted by Gasteiger charge is -2.17. The Kier molecular flexibility index (Phi) is 2.55. The van der Waals surface area contributed by atoms with Crippen molar-refractivity contribution in [3.05, 3.63) is 18.6 Å². The predicted octanol–water partition coefficient (Wildman–Crippen LogP) is 1.14. The molecule has 0 fully saturated rings. The molecule has 2 rings (SSSR count). The normalized spacial score (nSPS) is 15.1. The Labute approximate surface area is 87.6 Å².